The Morgan fingerprint density at radius 2 is 1.72 bits per heavy atom. The highest BCUT2D eigenvalue weighted by Gasteiger charge is 2.29. The maximum absolute atomic E-state index is 12.3. The van der Waals surface area contributed by atoms with Gasteiger partial charge in [0, 0.05) is 54.6 Å². The zero-order chi connectivity index (χ0) is 25.7. The molecular weight excluding hydrogens is 458 g/mol. The summed E-state index contributed by atoms with van der Waals surface area (Å²) < 4.78 is 0. The molecule has 9 heteroatoms. The average Bonchev–Trinajstić information content (AvgIpc) is 2.88. The van der Waals surface area contributed by atoms with Gasteiger partial charge in [0.1, 0.15) is 23.2 Å². The van der Waals surface area contributed by atoms with Gasteiger partial charge < -0.3 is 20.6 Å². The van der Waals surface area contributed by atoms with Crippen molar-refractivity contribution in [3.8, 4) is 0 Å². The first-order chi connectivity index (χ1) is 17.4. The molecule has 0 spiro atoms. The summed E-state index contributed by atoms with van der Waals surface area (Å²) in [6.45, 7) is 5.24. The van der Waals surface area contributed by atoms with E-state index >= 15 is 0 Å². The average molecular weight is 488 g/mol. The zero-order valence-corrected chi connectivity index (χ0v) is 20.3. The standard InChI is InChI=1S/C27H29N5O4/c1-3-13-32(14-4-2)23-22(24(33)25(23)34)31-21(27(35)36)15-17-5-7-19(8-6-17)30-26-20-10-11-28-16-18(20)9-12-29-26/h5-12,16,21,31H,3-4,13-15H2,1-2H3,(H,29,30)(H,35,36)/t21-/m0/s1. The number of fused-ring (bicyclic) bond motifs is 1. The number of nitrogens with one attached hydrogen (secondary N) is 2. The summed E-state index contributed by atoms with van der Waals surface area (Å²) in [7, 11) is 0. The van der Waals surface area contributed by atoms with Crippen LogP contribution in [0.15, 0.2) is 64.6 Å². The van der Waals surface area contributed by atoms with Crippen molar-refractivity contribution in [3.05, 3.63) is 81.0 Å². The van der Waals surface area contributed by atoms with E-state index in [0.717, 1.165) is 34.9 Å². The minimum absolute atomic E-state index is 0.101. The monoisotopic (exact) mass is 487 g/mol. The Hall–Kier alpha value is -4.27. The molecule has 0 aliphatic heterocycles. The van der Waals surface area contributed by atoms with Crippen LogP contribution in [0.25, 0.3) is 10.8 Å². The van der Waals surface area contributed by atoms with E-state index in [9.17, 15) is 19.5 Å². The van der Waals surface area contributed by atoms with Gasteiger partial charge in [0.25, 0.3) is 10.9 Å². The molecule has 0 radical (unpaired) electrons. The first-order valence-corrected chi connectivity index (χ1v) is 12.0. The van der Waals surface area contributed by atoms with Gasteiger partial charge in [0.2, 0.25) is 0 Å². The number of nitrogens with zero attached hydrogens (tertiary/aromatic N) is 3. The Balaban J connectivity index is 1.49. The largest absolute Gasteiger partial charge is 0.480 e. The summed E-state index contributed by atoms with van der Waals surface area (Å²) in [5.74, 6) is -0.397. The molecule has 0 bridgehead atoms. The molecule has 2 heterocycles. The lowest BCUT2D eigenvalue weighted by atomic mass is 10.0. The number of carboxylic acid groups (broad SMARTS) is 1. The maximum atomic E-state index is 12.3. The molecule has 3 N–H and O–H groups in total. The number of aromatic nitrogens is 2. The van der Waals surface area contributed by atoms with Crippen LogP contribution in [0.4, 0.5) is 22.9 Å². The fraction of sp³-hybridized carbons (Fsp3) is 0.296. The van der Waals surface area contributed by atoms with Gasteiger partial charge in [-0.05, 0) is 42.7 Å². The molecule has 2 aromatic heterocycles. The van der Waals surface area contributed by atoms with Gasteiger partial charge in [-0.3, -0.25) is 14.6 Å². The molecule has 0 aliphatic rings. The van der Waals surface area contributed by atoms with Gasteiger partial charge in [-0.1, -0.05) is 26.0 Å². The van der Waals surface area contributed by atoms with Crippen LogP contribution in [-0.4, -0.2) is 40.2 Å². The molecular formula is C27H29N5O4. The lowest BCUT2D eigenvalue weighted by molar-refractivity contribution is -0.137. The van der Waals surface area contributed by atoms with E-state index in [1.54, 1.807) is 18.6 Å². The number of aliphatic carboxylic acids is 1. The summed E-state index contributed by atoms with van der Waals surface area (Å²) in [4.78, 5) is 47.0. The number of hydrogen-bond acceptors (Lipinski definition) is 8. The summed E-state index contributed by atoms with van der Waals surface area (Å²) in [5, 5.41) is 17.9. The molecule has 2 aromatic carbocycles. The number of rotatable bonds is 12. The van der Waals surface area contributed by atoms with Crippen LogP contribution in [0.1, 0.15) is 32.3 Å². The van der Waals surface area contributed by atoms with E-state index in [4.69, 9.17) is 0 Å². The van der Waals surface area contributed by atoms with Crippen molar-refractivity contribution in [2.75, 3.05) is 28.6 Å². The fourth-order valence-corrected chi connectivity index (χ4v) is 4.28. The first-order valence-electron chi connectivity index (χ1n) is 12.0. The molecule has 4 aromatic rings. The zero-order valence-electron chi connectivity index (χ0n) is 20.3. The van der Waals surface area contributed by atoms with E-state index in [2.05, 4.69) is 20.6 Å². The highest BCUT2D eigenvalue weighted by atomic mass is 16.4. The quantitative estimate of drug-likeness (QED) is 0.257. The number of benzene rings is 1. The number of pyridine rings is 2. The van der Waals surface area contributed by atoms with Crippen LogP contribution in [0.2, 0.25) is 0 Å². The van der Waals surface area contributed by atoms with Crippen molar-refractivity contribution in [2.45, 2.75) is 39.2 Å². The molecule has 0 aliphatic carbocycles. The van der Waals surface area contributed by atoms with Crippen LogP contribution < -0.4 is 26.4 Å². The van der Waals surface area contributed by atoms with Crippen molar-refractivity contribution in [3.63, 3.8) is 0 Å². The van der Waals surface area contributed by atoms with E-state index in [1.807, 2.05) is 55.1 Å². The molecule has 36 heavy (non-hydrogen) atoms. The third-order valence-corrected chi connectivity index (χ3v) is 6.03. The topological polar surface area (TPSA) is 125 Å². The Morgan fingerprint density at radius 3 is 2.39 bits per heavy atom. The second kappa shape index (κ2) is 11.0. The van der Waals surface area contributed by atoms with Crippen LogP contribution in [0.5, 0.6) is 0 Å². The number of carboxylic acids is 1. The molecule has 0 saturated carbocycles. The minimum atomic E-state index is -1.10. The molecule has 1 atom stereocenters. The van der Waals surface area contributed by atoms with Crippen LogP contribution in [0.3, 0.4) is 0 Å². The summed E-state index contributed by atoms with van der Waals surface area (Å²) >= 11 is 0. The first kappa shape index (κ1) is 24.8. The second-order valence-electron chi connectivity index (χ2n) is 8.69. The van der Waals surface area contributed by atoms with E-state index in [0.29, 0.717) is 24.6 Å². The molecule has 186 valence electrons. The lowest BCUT2D eigenvalue weighted by Crippen LogP contribution is -2.46. The van der Waals surface area contributed by atoms with Crippen molar-refractivity contribution in [2.24, 2.45) is 0 Å². The number of carbonyl (C=O) groups is 1. The molecule has 4 rings (SSSR count). The molecule has 9 nitrogen and oxygen atoms in total. The smallest absolute Gasteiger partial charge is 0.326 e. The Kier molecular flexibility index (Phi) is 7.58. The van der Waals surface area contributed by atoms with Crippen LogP contribution >= 0.6 is 0 Å². The maximum Gasteiger partial charge on any atom is 0.326 e. The molecule has 0 fully saturated rings. The molecule has 0 amide bonds. The van der Waals surface area contributed by atoms with E-state index in [-0.39, 0.29) is 12.1 Å². The van der Waals surface area contributed by atoms with Gasteiger partial charge in [-0.15, -0.1) is 0 Å². The van der Waals surface area contributed by atoms with Crippen molar-refractivity contribution < 1.29 is 9.90 Å². The Labute approximate surface area is 208 Å². The van der Waals surface area contributed by atoms with Crippen molar-refractivity contribution in [1.82, 2.24) is 9.97 Å². The Morgan fingerprint density at radius 1 is 1.00 bits per heavy atom. The minimum Gasteiger partial charge on any atom is -0.480 e. The van der Waals surface area contributed by atoms with E-state index in [1.165, 1.54) is 0 Å². The highest BCUT2D eigenvalue weighted by molar-refractivity contribution is 5.92. The van der Waals surface area contributed by atoms with Crippen molar-refractivity contribution >= 4 is 39.6 Å². The van der Waals surface area contributed by atoms with Gasteiger partial charge in [-0.25, -0.2) is 9.78 Å². The van der Waals surface area contributed by atoms with E-state index < -0.39 is 22.9 Å². The van der Waals surface area contributed by atoms with Gasteiger partial charge in [0.05, 0.1) is 0 Å². The predicted molar refractivity (Wildman–Crippen MR) is 142 cm³/mol. The third kappa shape index (κ3) is 5.19. The second-order valence-corrected chi connectivity index (χ2v) is 8.69. The summed E-state index contributed by atoms with van der Waals surface area (Å²) in [6, 6.07) is 10.1. The van der Waals surface area contributed by atoms with Crippen molar-refractivity contribution in [1.29, 1.82) is 0 Å². The predicted octanol–water partition coefficient (Wildman–Crippen LogP) is 3.70. The number of hydrogen-bond donors (Lipinski definition) is 3. The fourth-order valence-electron chi connectivity index (χ4n) is 4.28. The van der Waals surface area contributed by atoms with Gasteiger partial charge >= 0.3 is 5.97 Å². The molecule has 0 unspecified atom stereocenters. The van der Waals surface area contributed by atoms with Crippen LogP contribution in [0, 0.1) is 0 Å². The summed E-state index contributed by atoms with van der Waals surface area (Å²) in [5.41, 5.74) is 0.753. The highest BCUT2D eigenvalue weighted by Crippen LogP contribution is 2.25. The van der Waals surface area contributed by atoms with Gasteiger partial charge in [0.15, 0.2) is 0 Å². The SMILES string of the molecule is CCCN(CCC)c1c(N[C@@H](Cc2ccc(Nc3nccc4cnccc34)cc2)C(=O)O)c(=O)c1=O. The Bertz CT molecular complexity index is 1420. The molecule has 0 saturated heterocycles. The third-order valence-electron chi connectivity index (χ3n) is 6.03. The normalized spacial score (nSPS) is 11.9. The lowest BCUT2D eigenvalue weighted by Gasteiger charge is -2.28. The number of anilines is 4. The van der Waals surface area contributed by atoms with Gasteiger partial charge in [-0.2, -0.15) is 0 Å². The summed E-state index contributed by atoms with van der Waals surface area (Å²) in [6.07, 6.45) is 6.96. The van der Waals surface area contributed by atoms with Crippen LogP contribution in [-0.2, 0) is 11.2 Å².